The van der Waals surface area contributed by atoms with Gasteiger partial charge in [0.05, 0.1) is 0 Å². The molecule has 1 aromatic heterocycles. The molecule has 2 aromatic rings. The van der Waals surface area contributed by atoms with Crippen molar-refractivity contribution in [1.29, 1.82) is 0 Å². The van der Waals surface area contributed by atoms with Gasteiger partial charge in [-0.25, -0.2) is 4.98 Å². The number of anilines is 1. The Kier molecular flexibility index (Phi) is 6.50. The third-order valence-corrected chi connectivity index (χ3v) is 3.90. The lowest BCUT2D eigenvalue weighted by atomic mass is 10.2. The highest BCUT2D eigenvalue weighted by Crippen LogP contribution is 2.20. The van der Waals surface area contributed by atoms with E-state index in [4.69, 9.17) is 11.6 Å². The molecule has 0 aliphatic rings. The molecule has 0 bridgehead atoms. The van der Waals surface area contributed by atoms with E-state index in [2.05, 4.69) is 15.6 Å². The van der Waals surface area contributed by atoms with E-state index in [1.807, 2.05) is 32.0 Å². The van der Waals surface area contributed by atoms with E-state index in [9.17, 15) is 9.59 Å². The lowest BCUT2D eigenvalue weighted by Crippen LogP contribution is -2.32. The zero-order chi connectivity index (χ0) is 18.4. The van der Waals surface area contributed by atoms with E-state index in [0.717, 1.165) is 12.1 Å². The molecular weight excluding hydrogens is 340 g/mol. The van der Waals surface area contributed by atoms with Gasteiger partial charge in [-0.3, -0.25) is 9.59 Å². The number of nitrogens with one attached hydrogen (secondary N) is 2. The summed E-state index contributed by atoms with van der Waals surface area (Å²) < 4.78 is 0. The topological polar surface area (TPSA) is 74.3 Å². The predicted molar refractivity (Wildman–Crippen MR) is 99.3 cm³/mol. The largest absolute Gasteiger partial charge is 0.349 e. The molecule has 0 atom stereocenters. The first-order valence-corrected chi connectivity index (χ1v) is 8.22. The van der Waals surface area contributed by atoms with Crippen molar-refractivity contribution in [1.82, 2.24) is 15.2 Å². The third-order valence-electron chi connectivity index (χ3n) is 3.49. The molecule has 0 saturated carbocycles. The molecular formula is C18H21ClN4O2. The summed E-state index contributed by atoms with van der Waals surface area (Å²) in [6.45, 7) is 3.11. The zero-order valence-electron chi connectivity index (χ0n) is 14.5. The number of rotatable bonds is 6. The number of likely N-dealkylation sites (N-methyl/N-ethyl adjacent to an activating group) is 1. The Hall–Kier alpha value is -2.44. The van der Waals surface area contributed by atoms with Crippen molar-refractivity contribution in [3.63, 3.8) is 0 Å². The minimum atomic E-state index is -0.400. The second-order valence-electron chi connectivity index (χ2n) is 5.89. The van der Waals surface area contributed by atoms with Gasteiger partial charge in [-0.1, -0.05) is 23.7 Å². The number of carbonyl (C=O) groups excluding carboxylic acids is 2. The molecule has 6 nitrogen and oxygen atoms in total. The van der Waals surface area contributed by atoms with Gasteiger partial charge in [0.2, 0.25) is 0 Å². The Morgan fingerprint density at radius 3 is 2.44 bits per heavy atom. The SMILES string of the molecule is Cc1ccc(NC(=O)c2cccc(C(=O)NCCN(C)C)n2)cc1Cl. The summed E-state index contributed by atoms with van der Waals surface area (Å²) in [6, 6.07) is 10.0. The maximum atomic E-state index is 12.3. The molecule has 0 radical (unpaired) electrons. The quantitative estimate of drug-likeness (QED) is 0.830. The zero-order valence-corrected chi connectivity index (χ0v) is 15.2. The van der Waals surface area contributed by atoms with E-state index in [1.54, 1.807) is 30.3 Å². The van der Waals surface area contributed by atoms with Gasteiger partial charge in [-0.15, -0.1) is 0 Å². The van der Waals surface area contributed by atoms with Gasteiger partial charge < -0.3 is 15.5 Å². The fourth-order valence-corrected chi connectivity index (χ4v) is 2.22. The molecule has 2 N–H and O–H groups in total. The van der Waals surface area contributed by atoms with Crippen molar-refractivity contribution >= 4 is 29.1 Å². The number of pyridine rings is 1. The van der Waals surface area contributed by atoms with Crippen LogP contribution in [0.15, 0.2) is 36.4 Å². The minimum Gasteiger partial charge on any atom is -0.349 e. The van der Waals surface area contributed by atoms with Crippen molar-refractivity contribution in [3.8, 4) is 0 Å². The fourth-order valence-electron chi connectivity index (χ4n) is 2.04. The van der Waals surface area contributed by atoms with Crippen molar-refractivity contribution in [3.05, 3.63) is 58.4 Å². The first kappa shape index (κ1) is 18.9. The van der Waals surface area contributed by atoms with Crippen LogP contribution >= 0.6 is 11.6 Å². The molecule has 0 saturated heterocycles. The van der Waals surface area contributed by atoms with Crippen molar-refractivity contribution in [2.75, 3.05) is 32.5 Å². The molecule has 0 unspecified atom stereocenters. The first-order chi connectivity index (χ1) is 11.9. The Bertz CT molecular complexity index is 777. The van der Waals surface area contributed by atoms with Gasteiger partial charge in [0.25, 0.3) is 11.8 Å². The lowest BCUT2D eigenvalue weighted by Gasteiger charge is -2.10. The molecule has 2 rings (SSSR count). The number of aromatic nitrogens is 1. The number of hydrogen-bond acceptors (Lipinski definition) is 4. The highest BCUT2D eigenvalue weighted by atomic mass is 35.5. The van der Waals surface area contributed by atoms with E-state index in [-0.39, 0.29) is 17.3 Å². The molecule has 7 heteroatoms. The minimum absolute atomic E-state index is 0.164. The Balaban J connectivity index is 2.05. The van der Waals surface area contributed by atoms with Crippen LogP contribution in [0.4, 0.5) is 5.69 Å². The molecule has 2 amide bonds. The Morgan fingerprint density at radius 2 is 1.80 bits per heavy atom. The average molecular weight is 361 g/mol. The van der Waals surface area contributed by atoms with Gasteiger partial charge in [-0.05, 0) is 50.8 Å². The molecule has 1 heterocycles. The number of amides is 2. The summed E-state index contributed by atoms with van der Waals surface area (Å²) in [7, 11) is 3.85. The van der Waals surface area contributed by atoms with Crippen LogP contribution in [0.5, 0.6) is 0 Å². The van der Waals surface area contributed by atoms with Gasteiger partial charge in [0, 0.05) is 23.8 Å². The molecule has 0 aliphatic carbocycles. The van der Waals surface area contributed by atoms with Crippen LogP contribution in [0.2, 0.25) is 5.02 Å². The van der Waals surface area contributed by atoms with E-state index in [1.165, 1.54) is 0 Å². The highest BCUT2D eigenvalue weighted by molar-refractivity contribution is 6.31. The van der Waals surface area contributed by atoms with Gasteiger partial charge in [0.15, 0.2) is 0 Å². The second-order valence-corrected chi connectivity index (χ2v) is 6.29. The summed E-state index contributed by atoms with van der Waals surface area (Å²) in [5, 5.41) is 6.06. The van der Waals surface area contributed by atoms with Crippen molar-refractivity contribution < 1.29 is 9.59 Å². The summed E-state index contributed by atoms with van der Waals surface area (Å²) >= 11 is 6.06. The van der Waals surface area contributed by atoms with E-state index in [0.29, 0.717) is 17.3 Å². The first-order valence-electron chi connectivity index (χ1n) is 7.84. The number of halogens is 1. The maximum Gasteiger partial charge on any atom is 0.274 e. The Morgan fingerprint density at radius 1 is 1.12 bits per heavy atom. The number of benzene rings is 1. The second kappa shape index (κ2) is 8.60. The van der Waals surface area contributed by atoms with Crippen LogP contribution in [0.3, 0.4) is 0 Å². The van der Waals surface area contributed by atoms with E-state index >= 15 is 0 Å². The standard InChI is InChI=1S/C18H21ClN4O2/c1-12-7-8-13(11-14(12)19)21-18(25)16-6-4-5-15(22-16)17(24)20-9-10-23(2)3/h4-8,11H,9-10H2,1-3H3,(H,20,24)(H,21,25). The lowest BCUT2D eigenvalue weighted by molar-refractivity contribution is 0.0946. The third kappa shape index (κ3) is 5.55. The van der Waals surface area contributed by atoms with Crippen LogP contribution in [-0.2, 0) is 0 Å². The highest BCUT2D eigenvalue weighted by Gasteiger charge is 2.13. The molecule has 132 valence electrons. The number of hydrogen-bond donors (Lipinski definition) is 2. The van der Waals surface area contributed by atoms with Crippen LogP contribution in [0.1, 0.15) is 26.5 Å². The monoisotopic (exact) mass is 360 g/mol. The number of aryl methyl sites for hydroxylation is 1. The van der Waals surface area contributed by atoms with Crippen LogP contribution in [0.25, 0.3) is 0 Å². The van der Waals surface area contributed by atoms with Gasteiger partial charge >= 0.3 is 0 Å². The van der Waals surface area contributed by atoms with Gasteiger partial charge in [0.1, 0.15) is 11.4 Å². The fraction of sp³-hybridized carbons (Fsp3) is 0.278. The van der Waals surface area contributed by atoms with Crippen molar-refractivity contribution in [2.45, 2.75) is 6.92 Å². The van der Waals surface area contributed by atoms with E-state index < -0.39 is 5.91 Å². The molecule has 25 heavy (non-hydrogen) atoms. The maximum absolute atomic E-state index is 12.3. The molecule has 1 aromatic carbocycles. The van der Waals surface area contributed by atoms with Crippen molar-refractivity contribution in [2.24, 2.45) is 0 Å². The van der Waals surface area contributed by atoms with Crippen LogP contribution in [-0.4, -0.2) is 48.9 Å². The molecule has 0 fully saturated rings. The Labute approximate surface area is 152 Å². The summed E-state index contributed by atoms with van der Waals surface area (Å²) in [6.07, 6.45) is 0. The summed E-state index contributed by atoms with van der Waals surface area (Å²) in [5.41, 5.74) is 1.86. The number of nitrogens with zero attached hydrogens (tertiary/aromatic N) is 2. The number of carbonyl (C=O) groups is 2. The van der Waals surface area contributed by atoms with Crippen LogP contribution < -0.4 is 10.6 Å². The summed E-state index contributed by atoms with van der Waals surface area (Å²) in [4.78, 5) is 30.5. The predicted octanol–water partition coefficient (Wildman–Crippen LogP) is 2.59. The normalized spacial score (nSPS) is 10.6. The van der Waals surface area contributed by atoms with Gasteiger partial charge in [-0.2, -0.15) is 0 Å². The summed E-state index contributed by atoms with van der Waals surface area (Å²) in [5.74, 6) is -0.710. The molecule has 0 spiro atoms. The smallest absolute Gasteiger partial charge is 0.274 e. The molecule has 0 aliphatic heterocycles. The average Bonchev–Trinajstić information content (AvgIpc) is 2.58. The van der Waals surface area contributed by atoms with Crippen LogP contribution in [0, 0.1) is 6.92 Å².